The lowest BCUT2D eigenvalue weighted by atomic mass is 9.96. The number of benzene rings is 1. The van der Waals surface area contributed by atoms with Gasteiger partial charge in [0.2, 0.25) is 6.41 Å². The first-order valence-corrected chi connectivity index (χ1v) is 4.96. The Kier molecular flexibility index (Phi) is 2.97. The van der Waals surface area contributed by atoms with E-state index in [1.165, 1.54) is 0 Å². The van der Waals surface area contributed by atoms with E-state index in [4.69, 9.17) is 0 Å². The van der Waals surface area contributed by atoms with E-state index in [2.05, 4.69) is 10.6 Å². The molecule has 1 fully saturated rings. The normalized spacial score (nSPS) is 24.3. The molecule has 1 heterocycles. The van der Waals surface area contributed by atoms with Crippen molar-refractivity contribution in [2.45, 2.75) is 18.6 Å². The van der Waals surface area contributed by atoms with E-state index < -0.39 is 6.17 Å². The number of carbonyl (C=O) groups excluding carboxylic acids is 1. The van der Waals surface area contributed by atoms with Crippen LogP contribution in [0.4, 0.5) is 10.1 Å². The van der Waals surface area contributed by atoms with Gasteiger partial charge in [-0.05, 0) is 24.1 Å². The Labute approximate surface area is 87.7 Å². The predicted octanol–water partition coefficient (Wildman–Crippen LogP) is 1.11. The SMILES string of the molecule is O=CNc1ccc(CC2NCC2F)cc1. The van der Waals surface area contributed by atoms with Crippen LogP contribution in [0.3, 0.4) is 0 Å². The molecule has 1 aliphatic heterocycles. The largest absolute Gasteiger partial charge is 0.329 e. The van der Waals surface area contributed by atoms with Gasteiger partial charge < -0.3 is 10.6 Å². The molecule has 2 unspecified atom stereocenters. The van der Waals surface area contributed by atoms with Crippen LogP contribution >= 0.6 is 0 Å². The third-order valence-corrected chi connectivity index (χ3v) is 2.65. The Morgan fingerprint density at radius 2 is 2.20 bits per heavy atom. The van der Waals surface area contributed by atoms with Crippen LogP contribution in [0.15, 0.2) is 24.3 Å². The molecule has 4 heteroatoms. The number of anilines is 1. The maximum Gasteiger partial charge on any atom is 0.211 e. The Balaban J connectivity index is 1.94. The zero-order valence-corrected chi connectivity index (χ0v) is 8.24. The number of hydrogen-bond acceptors (Lipinski definition) is 2. The number of alkyl halides is 1. The summed E-state index contributed by atoms with van der Waals surface area (Å²) in [5, 5.41) is 5.59. The van der Waals surface area contributed by atoms with Crippen molar-refractivity contribution in [3.63, 3.8) is 0 Å². The third kappa shape index (κ3) is 2.33. The summed E-state index contributed by atoms with van der Waals surface area (Å²) in [5.41, 5.74) is 1.83. The van der Waals surface area contributed by atoms with E-state index in [1.807, 2.05) is 24.3 Å². The zero-order chi connectivity index (χ0) is 10.7. The van der Waals surface area contributed by atoms with E-state index in [-0.39, 0.29) is 6.04 Å². The third-order valence-electron chi connectivity index (χ3n) is 2.65. The highest BCUT2D eigenvalue weighted by Gasteiger charge is 2.29. The van der Waals surface area contributed by atoms with Gasteiger partial charge in [0.1, 0.15) is 6.17 Å². The molecule has 0 spiro atoms. The van der Waals surface area contributed by atoms with Crippen molar-refractivity contribution in [3.8, 4) is 0 Å². The second-order valence-electron chi connectivity index (χ2n) is 3.69. The van der Waals surface area contributed by atoms with Gasteiger partial charge in [0.25, 0.3) is 0 Å². The molecule has 2 atom stereocenters. The summed E-state index contributed by atoms with van der Waals surface area (Å²) in [6.45, 7) is 0.468. The van der Waals surface area contributed by atoms with Crippen LogP contribution in [-0.4, -0.2) is 25.2 Å². The fraction of sp³-hybridized carbons (Fsp3) is 0.364. The number of hydrogen-bond donors (Lipinski definition) is 2. The Morgan fingerprint density at radius 1 is 1.47 bits per heavy atom. The second kappa shape index (κ2) is 4.40. The molecular weight excluding hydrogens is 195 g/mol. The van der Waals surface area contributed by atoms with Crippen molar-refractivity contribution in [2.24, 2.45) is 0 Å². The van der Waals surface area contributed by atoms with E-state index in [1.54, 1.807) is 0 Å². The number of rotatable bonds is 4. The van der Waals surface area contributed by atoms with Gasteiger partial charge in [0.15, 0.2) is 0 Å². The smallest absolute Gasteiger partial charge is 0.211 e. The Morgan fingerprint density at radius 3 is 2.67 bits per heavy atom. The van der Waals surface area contributed by atoms with Gasteiger partial charge >= 0.3 is 0 Å². The fourth-order valence-corrected chi connectivity index (χ4v) is 1.63. The lowest BCUT2D eigenvalue weighted by molar-refractivity contribution is -0.105. The summed E-state index contributed by atoms with van der Waals surface area (Å²) in [6.07, 6.45) is 0.612. The minimum Gasteiger partial charge on any atom is -0.329 e. The van der Waals surface area contributed by atoms with Gasteiger partial charge in [-0.15, -0.1) is 0 Å². The monoisotopic (exact) mass is 208 g/mol. The highest BCUT2D eigenvalue weighted by molar-refractivity contribution is 5.71. The maximum absolute atomic E-state index is 12.9. The topological polar surface area (TPSA) is 41.1 Å². The molecule has 80 valence electrons. The molecule has 1 saturated heterocycles. The summed E-state index contributed by atoms with van der Waals surface area (Å²) in [4.78, 5) is 10.2. The maximum atomic E-state index is 12.9. The van der Waals surface area contributed by atoms with Gasteiger partial charge in [0.05, 0.1) is 0 Å². The molecule has 1 amide bonds. The summed E-state index contributed by atoms with van der Waals surface area (Å²) in [7, 11) is 0. The number of nitrogens with one attached hydrogen (secondary N) is 2. The first-order valence-electron chi connectivity index (χ1n) is 4.96. The quantitative estimate of drug-likeness (QED) is 0.728. The van der Waals surface area contributed by atoms with E-state index >= 15 is 0 Å². The van der Waals surface area contributed by atoms with E-state index in [0.29, 0.717) is 19.4 Å². The number of amides is 1. The van der Waals surface area contributed by atoms with Crippen LogP contribution in [0.5, 0.6) is 0 Å². The summed E-state index contributed by atoms with van der Waals surface area (Å²) < 4.78 is 12.9. The van der Waals surface area contributed by atoms with Crippen LogP contribution in [0, 0.1) is 0 Å². The van der Waals surface area contributed by atoms with Gasteiger partial charge in [-0.1, -0.05) is 12.1 Å². The summed E-state index contributed by atoms with van der Waals surface area (Å²) in [6, 6.07) is 7.39. The minimum atomic E-state index is -0.724. The molecule has 0 saturated carbocycles. The highest BCUT2D eigenvalue weighted by Crippen LogP contribution is 2.16. The van der Waals surface area contributed by atoms with Crippen molar-refractivity contribution in [1.82, 2.24) is 5.32 Å². The molecule has 1 aliphatic rings. The van der Waals surface area contributed by atoms with Gasteiger partial charge in [-0.2, -0.15) is 0 Å². The highest BCUT2D eigenvalue weighted by atomic mass is 19.1. The van der Waals surface area contributed by atoms with Crippen molar-refractivity contribution in [1.29, 1.82) is 0 Å². The minimum absolute atomic E-state index is 0.0464. The Hall–Kier alpha value is -1.42. The van der Waals surface area contributed by atoms with Crippen LogP contribution in [0.25, 0.3) is 0 Å². The van der Waals surface area contributed by atoms with Crippen LogP contribution in [0.2, 0.25) is 0 Å². The predicted molar refractivity (Wildman–Crippen MR) is 56.5 cm³/mol. The van der Waals surface area contributed by atoms with Gasteiger partial charge in [-0.25, -0.2) is 4.39 Å². The fourth-order valence-electron chi connectivity index (χ4n) is 1.63. The lowest BCUT2D eigenvalue weighted by Gasteiger charge is -2.32. The Bertz CT molecular complexity index is 339. The first-order chi connectivity index (χ1) is 7.29. The van der Waals surface area contributed by atoms with Crippen LogP contribution in [0.1, 0.15) is 5.56 Å². The number of carbonyl (C=O) groups is 1. The van der Waals surface area contributed by atoms with Crippen molar-refractivity contribution in [3.05, 3.63) is 29.8 Å². The van der Waals surface area contributed by atoms with E-state index in [9.17, 15) is 9.18 Å². The van der Waals surface area contributed by atoms with Crippen molar-refractivity contribution < 1.29 is 9.18 Å². The number of halogens is 1. The molecule has 2 N–H and O–H groups in total. The molecule has 0 aromatic heterocycles. The van der Waals surface area contributed by atoms with Gasteiger partial charge in [0, 0.05) is 18.3 Å². The molecule has 0 radical (unpaired) electrons. The molecule has 0 aliphatic carbocycles. The molecular formula is C11H13FN2O. The molecule has 1 aromatic carbocycles. The average Bonchev–Trinajstić information content (AvgIpc) is 2.26. The van der Waals surface area contributed by atoms with Crippen molar-refractivity contribution >= 4 is 12.1 Å². The first kappa shape index (κ1) is 10.1. The zero-order valence-electron chi connectivity index (χ0n) is 8.24. The molecule has 2 rings (SSSR count). The van der Waals surface area contributed by atoms with Crippen molar-refractivity contribution in [2.75, 3.05) is 11.9 Å². The lowest BCUT2D eigenvalue weighted by Crippen LogP contribution is -2.55. The van der Waals surface area contributed by atoms with E-state index in [0.717, 1.165) is 11.3 Å². The molecule has 3 nitrogen and oxygen atoms in total. The van der Waals surface area contributed by atoms with Gasteiger partial charge in [-0.3, -0.25) is 4.79 Å². The molecule has 15 heavy (non-hydrogen) atoms. The summed E-state index contributed by atoms with van der Waals surface area (Å²) >= 11 is 0. The average molecular weight is 208 g/mol. The van der Waals surface area contributed by atoms with Crippen LogP contribution in [-0.2, 0) is 11.2 Å². The second-order valence-corrected chi connectivity index (χ2v) is 3.69. The molecule has 0 bridgehead atoms. The molecule has 1 aromatic rings. The standard InChI is InChI=1S/C11H13FN2O/c12-10-6-13-11(10)5-8-1-3-9(4-2-8)14-7-15/h1-4,7,10-11,13H,5-6H2,(H,14,15). The van der Waals surface area contributed by atoms with Crippen LogP contribution < -0.4 is 10.6 Å². The summed E-state index contributed by atoms with van der Waals surface area (Å²) in [5.74, 6) is 0.